The first-order valence-electron chi connectivity index (χ1n) is 6.94. The fourth-order valence-electron chi connectivity index (χ4n) is 2.09. The SMILES string of the molecule is O=C(NCc1ccc(C(=O)O)cc1)Nc1scnc1C1CC1. The maximum atomic E-state index is 11.9. The van der Waals surface area contributed by atoms with Crippen LogP contribution in [0, 0.1) is 0 Å². The number of rotatable bonds is 5. The van der Waals surface area contributed by atoms with Crippen LogP contribution < -0.4 is 10.6 Å². The molecule has 0 bridgehead atoms. The smallest absolute Gasteiger partial charge is 0.335 e. The summed E-state index contributed by atoms with van der Waals surface area (Å²) in [4.78, 5) is 27.0. The Morgan fingerprint density at radius 2 is 2.00 bits per heavy atom. The zero-order chi connectivity index (χ0) is 15.5. The van der Waals surface area contributed by atoms with Gasteiger partial charge in [0, 0.05) is 12.5 Å². The fraction of sp³-hybridized carbons (Fsp3) is 0.267. The van der Waals surface area contributed by atoms with E-state index in [-0.39, 0.29) is 11.6 Å². The normalized spacial score (nSPS) is 13.6. The lowest BCUT2D eigenvalue weighted by atomic mass is 10.1. The lowest BCUT2D eigenvalue weighted by Crippen LogP contribution is -2.28. The monoisotopic (exact) mass is 317 g/mol. The van der Waals surface area contributed by atoms with E-state index in [2.05, 4.69) is 15.6 Å². The van der Waals surface area contributed by atoms with Gasteiger partial charge in [0.05, 0.1) is 16.8 Å². The molecule has 0 saturated heterocycles. The van der Waals surface area contributed by atoms with Crippen molar-refractivity contribution in [2.75, 3.05) is 5.32 Å². The number of amides is 2. The number of hydrogen-bond acceptors (Lipinski definition) is 4. The number of carbonyl (C=O) groups is 2. The number of thiazole rings is 1. The molecule has 1 saturated carbocycles. The first-order valence-corrected chi connectivity index (χ1v) is 7.82. The van der Waals surface area contributed by atoms with Crippen molar-refractivity contribution < 1.29 is 14.7 Å². The van der Waals surface area contributed by atoms with Crippen molar-refractivity contribution in [3.8, 4) is 0 Å². The second-order valence-electron chi connectivity index (χ2n) is 5.15. The van der Waals surface area contributed by atoms with Crippen molar-refractivity contribution >= 4 is 28.3 Å². The van der Waals surface area contributed by atoms with E-state index >= 15 is 0 Å². The molecule has 114 valence electrons. The number of aromatic nitrogens is 1. The number of carboxylic acids is 1. The highest BCUT2D eigenvalue weighted by atomic mass is 32.1. The van der Waals surface area contributed by atoms with Gasteiger partial charge in [-0.3, -0.25) is 5.32 Å². The average molecular weight is 317 g/mol. The number of nitrogens with one attached hydrogen (secondary N) is 2. The predicted octanol–water partition coefficient (Wildman–Crippen LogP) is 3.04. The maximum absolute atomic E-state index is 11.9. The van der Waals surface area contributed by atoms with Crippen molar-refractivity contribution in [3.05, 3.63) is 46.6 Å². The molecule has 0 aliphatic heterocycles. The number of carboxylic acid groups (broad SMARTS) is 1. The number of carbonyl (C=O) groups excluding carboxylic acids is 1. The molecular formula is C15H15N3O3S. The summed E-state index contributed by atoms with van der Waals surface area (Å²) >= 11 is 1.42. The van der Waals surface area contributed by atoms with Gasteiger partial charge in [0.15, 0.2) is 0 Å². The molecule has 2 amide bonds. The van der Waals surface area contributed by atoms with Gasteiger partial charge in [-0.25, -0.2) is 14.6 Å². The summed E-state index contributed by atoms with van der Waals surface area (Å²) in [6, 6.07) is 6.13. The molecule has 1 heterocycles. The zero-order valence-electron chi connectivity index (χ0n) is 11.7. The molecule has 22 heavy (non-hydrogen) atoms. The molecule has 1 fully saturated rings. The third-order valence-corrected chi connectivity index (χ3v) is 4.20. The lowest BCUT2D eigenvalue weighted by molar-refractivity contribution is 0.0697. The number of nitrogens with zero attached hydrogens (tertiary/aromatic N) is 1. The van der Waals surface area contributed by atoms with E-state index in [9.17, 15) is 9.59 Å². The summed E-state index contributed by atoms with van der Waals surface area (Å²) in [6.07, 6.45) is 2.27. The summed E-state index contributed by atoms with van der Waals surface area (Å²) < 4.78 is 0. The zero-order valence-corrected chi connectivity index (χ0v) is 12.5. The van der Waals surface area contributed by atoms with Crippen molar-refractivity contribution in [1.29, 1.82) is 0 Å². The van der Waals surface area contributed by atoms with E-state index in [0.717, 1.165) is 29.1 Å². The summed E-state index contributed by atoms with van der Waals surface area (Å²) in [5.41, 5.74) is 3.79. The Balaban J connectivity index is 1.53. The Morgan fingerprint density at radius 1 is 1.27 bits per heavy atom. The van der Waals surface area contributed by atoms with Crippen LogP contribution in [0.2, 0.25) is 0 Å². The van der Waals surface area contributed by atoms with Gasteiger partial charge in [0.25, 0.3) is 0 Å². The second-order valence-corrected chi connectivity index (χ2v) is 6.01. The molecule has 3 N–H and O–H groups in total. The minimum Gasteiger partial charge on any atom is -0.478 e. The van der Waals surface area contributed by atoms with Crippen LogP contribution in [-0.2, 0) is 6.54 Å². The summed E-state index contributed by atoms with van der Waals surface area (Å²) in [5, 5.41) is 15.2. The summed E-state index contributed by atoms with van der Waals surface area (Å²) in [5.74, 6) is -0.472. The molecule has 2 aromatic rings. The van der Waals surface area contributed by atoms with Gasteiger partial charge >= 0.3 is 12.0 Å². The van der Waals surface area contributed by atoms with Crippen molar-refractivity contribution in [2.45, 2.75) is 25.3 Å². The Morgan fingerprint density at radius 3 is 2.64 bits per heavy atom. The van der Waals surface area contributed by atoms with Crippen molar-refractivity contribution in [1.82, 2.24) is 10.3 Å². The van der Waals surface area contributed by atoms with Gasteiger partial charge in [0.2, 0.25) is 0 Å². The maximum Gasteiger partial charge on any atom is 0.335 e. The van der Waals surface area contributed by atoms with Crippen LogP contribution in [0.4, 0.5) is 9.80 Å². The van der Waals surface area contributed by atoms with E-state index in [4.69, 9.17) is 5.11 Å². The van der Waals surface area contributed by atoms with Gasteiger partial charge in [-0.2, -0.15) is 0 Å². The highest BCUT2D eigenvalue weighted by Crippen LogP contribution is 2.43. The predicted molar refractivity (Wildman–Crippen MR) is 83.3 cm³/mol. The molecule has 0 spiro atoms. The first kappa shape index (κ1) is 14.5. The molecule has 6 nitrogen and oxygen atoms in total. The minimum atomic E-state index is -0.963. The van der Waals surface area contributed by atoms with Crippen molar-refractivity contribution in [2.24, 2.45) is 0 Å². The van der Waals surface area contributed by atoms with E-state index in [0.29, 0.717) is 12.5 Å². The molecule has 7 heteroatoms. The standard InChI is InChI=1S/C15H15N3O3S/c19-14(20)11-3-1-9(2-4-11)7-16-15(21)18-13-12(10-5-6-10)17-8-22-13/h1-4,8,10H,5-7H2,(H,19,20)(H2,16,18,21). The average Bonchev–Trinajstić information content (AvgIpc) is 3.26. The molecule has 0 atom stereocenters. The quantitative estimate of drug-likeness (QED) is 0.790. The summed E-state index contributed by atoms with van der Waals surface area (Å²) in [7, 11) is 0. The van der Waals surface area contributed by atoms with Crippen LogP contribution >= 0.6 is 11.3 Å². The van der Waals surface area contributed by atoms with Crippen LogP contribution in [0.15, 0.2) is 29.8 Å². The number of hydrogen-bond donors (Lipinski definition) is 3. The van der Waals surface area contributed by atoms with Gasteiger partial charge in [-0.1, -0.05) is 12.1 Å². The largest absolute Gasteiger partial charge is 0.478 e. The van der Waals surface area contributed by atoms with Crippen LogP contribution in [0.1, 0.15) is 40.4 Å². The molecule has 3 rings (SSSR count). The third kappa shape index (κ3) is 3.43. The molecule has 1 aromatic carbocycles. The van der Waals surface area contributed by atoms with Gasteiger partial charge in [-0.15, -0.1) is 11.3 Å². The number of urea groups is 1. The van der Waals surface area contributed by atoms with E-state index < -0.39 is 5.97 Å². The Kier molecular flexibility index (Phi) is 4.06. The van der Waals surface area contributed by atoms with Crippen LogP contribution in [-0.4, -0.2) is 22.1 Å². The number of anilines is 1. The van der Waals surface area contributed by atoms with Crippen LogP contribution in [0.3, 0.4) is 0 Å². The molecule has 0 unspecified atom stereocenters. The van der Waals surface area contributed by atoms with Gasteiger partial charge in [0.1, 0.15) is 5.00 Å². The van der Waals surface area contributed by atoms with Crippen molar-refractivity contribution in [3.63, 3.8) is 0 Å². The van der Waals surface area contributed by atoms with E-state index in [1.165, 1.54) is 23.5 Å². The first-order chi connectivity index (χ1) is 10.6. The highest BCUT2D eigenvalue weighted by Gasteiger charge is 2.28. The van der Waals surface area contributed by atoms with E-state index in [1.54, 1.807) is 17.6 Å². The summed E-state index contributed by atoms with van der Waals surface area (Å²) in [6.45, 7) is 0.337. The van der Waals surface area contributed by atoms with Gasteiger partial charge in [-0.05, 0) is 30.5 Å². The van der Waals surface area contributed by atoms with E-state index in [1.807, 2.05) is 0 Å². The van der Waals surface area contributed by atoms with Gasteiger partial charge < -0.3 is 10.4 Å². The van der Waals surface area contributed by atoms with Crippen LogP contribution in [0.5, 0.6) is 0 Å². The molecular weight excluding hydrogens is 302 g/mol. The Bertz CT molecular complexity index is 692. The molecule has 1 aliphatic rings. The number of aromatic carboxylic acids is 1. The van der Waals surface area contributed by atoms with Crippen LogP contribution in [0.25, 0.3) is 0 Å². The lowest BCUT2D eigenvalue weighted by Gasteiger charge is -2.07. The Hall–Kier alpha value is -2.41. The fourth-order valence-corrected chi connectivity index (χ4v) is 2.85. The molecule has 1 aliphatic carbocycles. The molecule has 1 aromatic heterocycles. The highest BCUT2D eigenvalue weighted by molar-refractivity contribution is 7.14. The third-order valence-electron chi connectivity index (χ3n) is 3.44. The Labute approximate surface area is 131 Å². The number of benzene rings is 1. The minimum absolute atomic E-state index is 0.229. The topological polar surface area (TPSA) is 91.3 Å². The second kappa shape index (κ2) is 6.15. The molecule has 0 radical (unpaired) electrons.